The van der Waals surface area contributed by atoms with Crippen LogP contribution in [-0.4, -0.2) is 18.0 Å². The van der Waals surface area contributed by atoms with E-state index in [-0.39, 0.29) is 12.7 Å². The van der Waals surface area contributed by atoms with Crippen LogP contribution in [-0.2, 0) is 4.74 Å². The van der Waals surface area contributed by atoms with E-state index in [0.717, 1.165) is 11.1 Å². The average Bonchev–Trinajstić information content (AvgIpc) is 2.46. The van der Waals surface area contributed by atoms with Crippen molar-refractivity contribution < 1.29 is 9.94 Å². The molecule has 2 aromatic carbocycles. The molecule has 0 spiro atoms. The highest BCUT2D eigenvalue weighted by atomic mass is 16.5. The first-order valence-corrected chi connectivity index (χ1v) is 5.79. The molecule has 0 fully saturated rings. The molecule has 18 heavy (non-hydrogen) atoms. The summed E-state index contributed by atoms with van der Waals surface area (Å²) in [6.45, 7) is 0.269. The molecule has 0 radical (unpaired) electrons. The molecule has 2 rings (SSSR count). The van der Waals surface area contributed by atoms with Crippen molar-refractivity contribution in [2.75, 3.05) is 6.61 Å². The van der Waals surface area contributed by atoms with Crippen LogP contribution >= 0.6 is 0 Å². The van der Waals surface area contributed by atoms with Crippen molar-refractivity contribution >= 4 is 6.21 Å². The quantitative estimate of drug-likeness (QED) is 0.496. The van der Waals surface area contributed by atoms with Crippen LogP contribution in [0.3, 0.4) is 0 Å². The van der Waals surface area contributed by atoms with Gasteiger partial charge in [-0.25, -0.2) is 0 Å². The topological polar surface area (TPSA) is 41.8 Å². The molecular formula is C15H15NO2. The molecule has 0 bridgehead atoms. The molecule has 1 N–H and O–H groups in total. The van der Waals surface area contributed by atoms with Gasteiger partial charge in [0.1, 0.15) is 6.10 Å². The predicted molar refractivity (Wildman–Crippen MR) is 71.0 cm³/mol. The zero-order valence-corrected chi connectivity index (χ0v) is 9.94. The maximum absolute atomic E-state index is 8.41. The molecule has 0 atom stereocenters. The van der Waals surface area contributed by atoms with Crippen molar-refractivity contribution in [1.29, 1.82) is 0 Å². The van der Waals surface area contributed by atoms with Gasteiger partial charge in [-0.1, -0.05) is 65.8 Å². The fourth-order valence-corrected chi connectivity index (χ4v) is 1.81. The minimum Gasteiger partial charge on any atom is -0.411 e. The lowest BCUT2D eigenvalue weighted by molar-refractivity contribution is 0.113. The second-order valence-corrected chi connectivity index (χ2v) is 3.83. The minimum atomic E-state index is -0.148. The third-order valence-corrected chi connectivity index (χ3v) is 2.62. The SMILES string of the molecule is ON=CCOC(c1ccccc1)c1ccccc1. The summed E-state index contributed by atoms with van der Waals surface area (Å²) in [7, 11) is 0. The predicted octanol–water partition coefficient (Wildman–Crippen LogP) is 3.25. The Hall–Kier alpha value is -2.13. The Morgan fingerprint density at radius 1 is 0.944 bits per heavy atom. The van der Waals surface area contributed by atoms with Crippen molar-refractivity contribution in [3.05, 3.63) is 71.8 Å². The zero-order chi connectivity index (χ0) is 12.6. The van der Waals surface area contributed by atoms with Gasteiger partial charge in [0.15, 0.2) is 0 Å². The smallest absolute Gasteiger partial charge is 0.108 e. The van der Waals surface area contributed by atoms with Crippen LogP contribution in [0.1, 0.15) is 17.2 Å². The van der Waals surface area contributed by atoms with Gasteiger partial charge in [-0.15, -0.1) is 0 Å². The molecule has 3 nitrogen and oxygen atoms in total. The van der Waals surface area contributed by atoms with Crippen LogP contribution in [0.25, 0.3) is 0 Å². The van der Waals surface area contributed by atoms with E-state index >= 15 is 0 Å². The largest absolute Gasteiger partial charge is 0.411 e. The lowest BCUT2D eigenvalue weighted by atomic mass is 10.0. The lowest BCUT2D eigenvalue weighted by Gasteiger charge is -2.17. The van der Waals surface area contributed by atoms with E-state index in [1.54, 1.807) is 0 Å². The van der Waals surface area contributed by atoms with E-state index in [2.05, 4.69) is 5.16 Å². The Morgan fingerprint density at radius 2 is 1.44 bits per heavy atom. The second-order valence-electron chi connectivity index (χ2n) is 3.83. The van der Waals surface area contributed by atoms with Crippen LogP contribution < -0.4 is 0 Å². The molecule has 92 valence electrons. The molecule has 0 saturated carbocycles. The first-order chi connectivity index (χ1) is 8.92. The number of ether oxygens (including phenoxy) is 1. The lowest BCUT2D eigenvalue weighted by Crippen LogP contribution is -2.08. The normalized spacial score (nSPS) is 11.2. The van der Waals surface area contributed by atoms with Crippen LogP contribution in [0.4, 0.5) is 0 Å². The Morgan fingerprint density at radius 3 is 1.89 bits per heavy atom. The number of hydrogen-bond donors (Lipinski definition) is 1. The van der Waals surface area contributed by atoms with E-state index in [9.17, 15) is 0 Å². The zero-order valence-electron chi connectivity index (χ0n) is 9.94. The third kappa shape index (κ3) is 3.18. The summed E-state index contributed by atoms with van der Waals surface area (Å²) in [5.41, 5.74) is 2.16. The highest BCUT2D eigenvalue weighted by molar-refractivity contribution is 5.57. The van der Waals surface area contributed by atoms with Crippen LogP contribution in [0.2, 0.25) is 0 Å². The van der Waals surface area contributed by atoms with Gasteiger partial charge in [-0.3, -0.25) is 0 Å². The van der Waals surface area contributed by atoms with Gasteiger partial charge in [0, 0.05) is 0 Å². The number of oxime groups is 1. The minimum absolute atomic E-state index is 0.148. The molecule has 0 aliphatic heterocycles. The van der Waals surface area contributed by atoms with Crippen molar-refractivity contribution in [2.45, 2.75) is 6.10 Å². The first-order valence-electron chi connectivity index (χ1n) is 5.79. The van der Waals surface area contributed by atoms with Gasteiger partial charge in [0.2, 0.25) is 0 Å². The first kappa shape index (κ1) is 12.3. The fourth-order valence-electron chi connectivity index (χ4n) is 1.81. The van der Waals surface area contributed by atoms with Gasteiger partial charge in [-0.2, -0.15) is 0 Å². The van der Waals surface area contributed by atoms with Crippen molar-refractivity contribution in [1.82, 2.24) is 0 Å². The van der Waals surface area contributed by atoms with E-state index in [1.165, 1.54) is 6.21 Å². The number of nitrogens with zero attached hydrogens (tertiary/aromatic N) is 1. The molecule has 0 amide bonds. The number of benzene rings is 2. The van der Waals surface area contributed by atoms with Gasteiger partial charge in [0.05, 0.1) is 12.8 Å². The van der Waals surface area contributed by atoms with Crippen LogP contribution in [0.15, 0.2) is 65.8 Å². The Kier molecular flexibility index (Phi) is 4.50. The summed E-state index contributed by atoms with van der Waals surface area (Å²) in [6.07, 6.45) is 1.18. The average molecular weight is 241 g/mol. The molecule has 0 unspecified atom stereocenters. The molecule has 0 aliphatic rings. The molecule has 3 heteroatoms. The van der Waals surface area contributed by atoms with Gasteiger partial charge < -0.3 is 9.94 Å². The maximum atomic E-state index is 8.41. The molecule has 0 saturated heterocycles. The number of hydrogen-bond acceptors (Lipinski definition) is 3. The molecular weight excluding hydrogens is 226 g/mol. The highest BCUT2D eigenvalue weighted by Gasteiger charge is 2.13. The summed E-state index contributed by atoms with van der Waals surface area (Å²) in [5, 5.41) is 11.4. The van der Waals surface area contributed by atoms with Gasteiger partial charge in [0.25, 0.3) is 0 Å². The third-order valence-electron chi connectivity index (χ3n) is 2.62. The fraction of sp³-hybridized carbons (Fsp3) is 0.133. The molecule has 0 aromatic heterocycles. The summed E-state index contributed by atoms with van der Waals surface area (Å²) in [6, 6.07) is 20.0. The molecule has 0 aliphatic carbocycles. The van der Waals surface area contributed by atoms with E-state index in [4.69, 9.17) is 9.94 Å². The summed E-state index contributed by atoms with van der Waals surface area (Å²) < 4.78 is 5.75. The van der Waals surface area contributed by atoms with Crippen molar-refractivity contribution in [3.8, 4) is 0 Å². The second kappa shape index (κ2) is 6.57. The molecule has 0 heterocycles. The van der Waals surface area contributed by atoms with Gasteiger partial charge >= 0.3 is 0 Å². The van der Waals surface area contributed by atoms with E-state index in [0.29, 0.717) is 0 Å². The Balaban J connectivity index is 2.23. The molecule has 2 aromatic rings. The van der Waals surface area contributed by atoms with Crippen molar-refractivity contribution in [2.24, 2.45) is 5.16 Å². The number of rotatable bonds is 5. The van der Waals surface area contributed by atoms with Gasteiger partial charge in [-0.05, 0) is 11.1 Å². The summed E-state index contributed by atoms with van der Waals surface area (Å²) in [5.74, 6) is 0. The van der Waals surface area contributed by atoms with Crippen molar-refractivity contribution in [3.63, 3.8) is 0 Å². The van der Waals surface area contributed by atoms with E-state index in [1.807, 2.05) is 60.7 Å². The maximum Gasteiger partial charge on any atom is 0.108 e. The standard InChI is InChI=1S/C15H15NO2/c17-16-11-12-18-15(13-7-3-1-4-8-13)14-9-5-2-6-10-14/h1-11,15,17H,12H2. The summed E-state index contributed by atoms with van der Waals surface area (Å²) in [4.78, 5) is 0. The van der Waals surface area contributed by atoms with Crippen LogP contribution in [0, 0.1) is 0 Å². The van der Waals surface area contributed by atoms with Crippen LogP contribution in [0.5, 0.6) is 0 Å². The monoisotopic (exact) mass is 241 g/mol. The summed E-state index contributed by atoms with van der Waals surface area (Å²) >= 11 is 0. The van der Waals surface area contributed by atoms with E-state index < -0.39 is 0 Å². The Bertz CT molecular complexity index is 443. The Labute approximate surface area is 106 Å². The highest BCUT2D eigenvalue weighted by Crippen LogP contribution is 2.25.